The molecule has 2 aromatic rings. The first-order chi connectivity index (χ1) is 8.08. The Bertz CT molecular complexity index is 554. The van der Waals surface area contributed by atoms with E-state index in [0.717, 1.165) is 3.57 Å². The fourth-order valence-electron chi connectivity index (χ4n) is 1.52. The molecule has 0 aliphatic rings. The van der Waals surface area contributed by atoms with Gasteiger partial charge in [-0.15, -0.1) is 0 Å². The highest BCUT2D eigenvalue weighted by atomic mass is 127. The van der Waals surface area contributed by atoms with E-state index in [-0.39, 0.29) is 11.6 Å². The summed E-state index contributed by atoms with van der Waals surface area (Å²) in [5.74, 6) is -0.712. The number of aromatic nitrogens is 2. The van der Waals surface area contributed by atoms with Crippen molar-refractivity contribution >= 4 is 28.3 Å². The van der Waals surface area contributed by atoms with Gasteiger partial charge in [0, 0.05) is 11.8 Å². The maximum absolute atomic E-state index is 13.6. The summed E-state index contributed by atoms with van der Waals surface area (Å²) in [7, 11) is 0. The molecular weight excluding hydrogens is 337 g/mol. The molecule has 0 N–H and O–H groups in total. The van der Waals surface area contributed by atoms with Crippen LogP contribution < -0.4 is 0 Å². The van der Waals surface area contributed by atoms with Gasteiger partial charge in [0.15, 0.2) is 0 Å². The average molecular weight is 346 g/mol. The molecule has 0 radical (unpaired) electrons. The lowest BCUT2D eigenvalue weighted by Gasteiger charge is -2.08. The summed E-state index contributed by atoms with van der Waals surface area (Å²) in [6.07, 6.45) is 3.34. The van der Waals surface area contributed by atoms with Crippen molar-refractivity contribution in [1.82, 2.24) is 9.78 Å². The third-order valence-corrected chi connectivity index (χ3v) is 2.78. The molecule has 0 amide bonds. The summed E-state index contributed by atoms with van der Waals surface area (Å²) < 4.78 is 28.7. The second kappa shape index (κ2) is 4.95. The van der Waals surface area contributed by atoms with Crippen molar-refractivity contribution in [2.45, 2.75) is 6.92 Å². The highest BCUT2D eigenvalue weighted by molar-refractivity contribution is 14.1. The molecule has 0 spiro atoms. The third kappa shape index (κ3) is 2.71. The summed E-state index contributed by atoms with van der Waals surface area (Å²) in [4.78, 5) is 0. The number of benzene rings is 1. The Morgan fingerprint density at radius 1 is 1.29 bits per heavy atom. The third-order valence-electron chi connectivity index (χ3n) is 2.22. The van der Waals surface area contributed by atoms with Gasteiger partial charge in [-0.2, -0.15) is 5.10 Å². The van der Waals surface area contributed by atoms with Crippen LogP contribution in [0.3, 0.4) is 0 Å². The topological polar surface area (TPSA) is 17.8 Å². The first-order valence-corrected chi connectivity index (χ1v) is 5.98. The summed E-state index contributed by atoms with van der Waals surface area (Å²) in [6.45, 7) is 1.35. The van der Waals surface area contributed by atoms with Crippen molar-refractivity contribution in [3.05, 3.63) is 57.4 Å². The number of nitrogens with zero attached hydrogens (tertiary/aromatic N) is 2. The molecule has 2 rings (SSSR count). The van der Waals surface area contributed by atoms with Crippen molar-refractivity contribution < 1.29 is 8.78 Å². The van der Waals surface area contributed by atoms with Crippen LogP contribution in [0.15, 0.2) is 42.5 Å². The highest BCUT2D eigenvalue weighted by Crippen LogP contribution is 2.22. The van der Waals surface area contributed by atoms with Crippen LogP contribution in [0.5, 0.6) is 0 Å². The Labute approximate surface area is 111 Å². The van der Waals surface area contributed by atoms with Gasteiger partial charge in [-0.25, -0.2) is 13.5 Å². The molecule has 2 nitrogen and oxygen atoms in total. The molecular formula is C12H9F2IN2. The van der Waals surface area contributed by atoms with E-state index in [9.17, 15) is 8.78 Å². The molecule has 0 unspecified atom stereocenters. The van der Waals surface area contributed by atoms with Crippen molar-refractivity contribution in [1.29, 1.82) is 0 Å². The Kier molecular flexibility index (Phi) is 3.56. The molecule has 1 heterocycles. The number of hydrogen-bond acceptors (Lipinski definition) is 1. The summed E-state index contributed by atoms with van der Waals surface area (Å²) in [6, 6.07) is 5.66. The highest BCUT2D eigenvalue weighted by Gasteiger charge is 2.10. The van der Waals surface area contributed by atoms with Crippen LogP contribution in [0.25, 0.3) is 5.70 Å². The molecule has 1 aromatic heterocycles. The van der Waals surface area contributed by atoms with Crippen LogP contribution in [-0.4, -0.2) is 9.78 Å². The van der Waals surface area contributed by atoms with Gasteiger partial charge in [0.25, 0.3) is 0 Å². The van der Waals surface area contributed by atoms with Crippen molar-refractivity contribution in [3.63, 3.8) is 0 Å². The average Bonchev–Trinajstić information content (AvgIpc) is 2.68. The molecule has 0 fully saturated rings. The number of allylic oxidation sites excluding steroid dienone is 1. The Balaban J connectivity index is 2.51. The zero-order valence-electron chi connectivity index (χ0n) is 8.99. The van der Waals surface area contributed by atoms with E-state index in [1.54, 1.807) is 12.4 Å². The largest absolute Gasteiger partial charge is 0.237 e. The van der Waals surface area contributed by atoms with E-state index >= 15 is 0 Å². The van der Waals surface area contributed by atoms with Crippen LogP contribution in [0.1, 0.15) is 12.5 Å². The van der Waals surface area contributed by atoms with Gasteiger partial charge in [0.05, 0.1) is 9.77 Å². The van der Waals surface area contributed by atoms with Crippen LogP contribution in [0.2, 0.25) is 0 Å². The molecule has 88 valence electrons. The molecule has 1 aromatic carbocycles. The van der Waals surface area contributed by atoms with Gasteiger partial charge in [0.1, 0.15) is 17.3 Å². The second-order valence-electron chi connectivity index (χ2n) is 3.49. The number of halogens is 3. The molecule has 0 saturated heterocycles. The Morgan fingerprint density at radius 3 is 2.41 bits per heavy atom. The summed E-state index contributed by atoms with van der Waals surface area (Å²) in [5, 5.41) is 4.05. The molecule has 0 aliphatic carbocycles. The smallest absolute Gasteiger partial charge is 0.123 e. The van der Waals surface area contributed by atoms with Crippen molar-refractivity contribution in [3.8, 4) is 0 Å². The Hall–Kier alpha value is -1.24. The van der Waals surface area contributed by atoms with E-state index in [1.807, 2.05) is 0 Å². The van der Waals surface area contributed by atoms with E-state index < -0.39 is 0 Å². The number of hydrogen-bond donors (Lipinski definition) is 0. The molecule has 0 saturated carbocycles. The fraction of sp³-hybridized carbons (Fsp3) is 0.0833. The summed E-state index contributed by atoms with van der Waals surface area (Å²) in [5.41, 5.74) is 0.916. The van der Waals surface area contributed by atoms with Crippen molar-refractivity contribution in [2.24, 2.45) is 0 Å². The minimum absolute atomic E-state index is 0.327. The quantitative estimate of drug-likeness (QED) is 0.756. The van der Waals surface area contributed by atoms with Gasteiger partial charge in [0.2, 0.25) is 0 Å². The van der Waals surface area contributed by atoms with E-state index in [1.165, 1.54) is 35.9 Å². The van der Waals surface area contributed by atoms with E-state index in [0.29, 0.717) is 11.3 Å². The van der Waals surface area contributed by atoms with Gasteiger partial charge in [-0.05, 0) is 53.8 Å². The zero-order chi connectivity index (χ0) is 12.4. The standard InChI is InChI=1S/C12H9F2IN2/c1-8(13)12(17-7-11(15)6-16-17)9-2-4-10(14)5-3-9/h2-7H,1H3. The van der Waals surface area contributed by atoms with Crippen LogP contribution in [-0.2, 0) is 0 Å². The summed E-state index contributed by atoms with van der Waals surface area (Å²) >= 11 is 2.09. The van der Waals surface area contributed by atoms with Gasteiger partial charge >= 0.3 is 0 Å². The maximum Gasteiger partial charge on any atom is 0.123 e. The predicted molar refractivity (Wildman–Crippen MR) is 70.4 cm³/mol. The van der Waals surface area contributed by atoms with E-state index in [2.05, 4.69) is 27.7 Å². The van der Waals surface area contributed by atoms with Crippen LogP contribution >= 0.6 is 22.6 Å². The van der Waals surface area contributed by atoms with Gasteiger partial charge < -0.3 is 0 Å². The van der Waals surface area contributed by atoms with Gasteiger partial charge in [-0.3, -0.25) is 0 Å². The van der Waals surface area contributed by atoms with E-state index in [4.69, 9.17) is 0 Å². The first kappa shape index (κ1) is 12.2. The SMILES string of the molecule is CC(F)=C(c1ccc(F)cc1)n1cc(I)cn1. The zero-order valence-corrected chi connectivity index (χ0v) is 11.1. The molecule has 17 heavy (non-hydrogen) atoms. The normalized spacial score (nSPS) is 12.5. The predicted octanol–water partition coefficient (Wildman–Crippen LogP) is 3.83. The molecule has 5 heteroatoms. The first-order valence-electron chi connectivity index (χ1n) is 4.91. The number of rotatable bonds is 2. The molecule has 0 atom stereocenters. The molecule has 0 aliphatic heterocycles. The van der Waals surface area contributed by atoms with Crippen LogP contribution in [0.4, 0.5) is 8.78 Å². The maximum atomic E-state index is 13.6. The minimum atomic E-state index is -0.365. The van der Waals surface area contributed by atoms with Crippen molar-refractivity contribution in [2.75, 3.05) is 0 Å². The van der Waals surface area contributed by atoms with Crippen LogP contribution in [0, 0.1) is 9.39 Å². The second-order valence-corrected chi connectivity index (χ2v) is 4.74. The Morgan fingerprint density at radius 2 is 1.94 bits per heavy atom. The fourth-order valence-corrected chi connectivity index (χ4v) is 1.91. The monoisotopic (exact) mass is 346 g/mol. The lowest BCUT2D eigenvalue weighted by atomic mass is 10.1. The van der Waals surface area contributed by atoms with Gasteiger partial charge in [-0.1, -0.05) is 0 Å². The minimum Gasteiger partial charge on any atom is -0.237 e. The molecule has 0 bridgehead atoms. The lowest BCUT2D eigenvalue weighted by Crippen LogP contribution is -2.01. The lowest BCUT2D eigenvalue weighted by molar-refractivity contribution is 0.625.